The largest absolute Gasteiger partial charge is 0.490 e. The molecule has 174 valence electrons. The van der Waals surface area contributed by atoms with E-state index in [0.29, 0.717) is 60.2 Å². The van der Waals surface area contributed by atoms with Gasteiger partial charge >= 0.3 is 0 Å². The molecular formula is C23H25N3O6S. The molecule has 3 aromatic rings. The molecule has 2 aliphatic rings. The highest BCUT2D eigenvalue weighted by Gasteiger charge is 2.33. The van der Waals surface area contributed by atoms with Crippen molar-refractivity contribution in [2.24, 2.45) is 5.92 Å². The molecule has 10 heteroatoms. The lowest BCUT2D eigenvalue weighted by atomic mass is 9.97. The van der Waals surface area contributed by atoms with Crippen molar-refractivity contribution in [3.63, 3.8) is 0 Å². The summed E-state index contributed by atoms with van der Waals surface area (Å²) < 4.78 is 44.4. The van der Waals surface area contributed by atoms with E-state index < -0.39 is 10.0 Å². The van der Waals surface area contributed by atoms with Crippen LogP contribution in [0.4, 0.5) is 5.69 Å². The molecule has 0 unspecified atom stereocenters. The first-order chi connectivity index (χ1) is 15.9. The predicted octanol–water partition coefficient (Wildman–Crippen LogP) is 3.34. The zero-order valence-electron chi connectivity index (χ0n) is 18.2. The number of sulfonamides is 1. The Morgan fingerprint density at radius 2 is 1.82 bits per heavy atom. The second-order valence-corrected chi connectivity index (χ2v) is 10.2. The van der Waals surface area contributed by atoms with Gasteiger partial charge in [0, 0.05) is 44.1 Å². The average molecular weight is 472 g/mol. The predicted molar refractivity (Wildman–Crippen MR) is 121 cm³/mol. The Bertz CT molecular complexity index is 1290. The van der Waals surface area contributed by atoms with E-state index in [9.17, 15) is 13.2 Å². The van der Waals surface area contributed by atoms with Crippen LogP contribution in [-0.2, 0) is 14.8 Å². The number of oxazole rings is 1. The van der Waals surface area contributed by atoms with Crippen molar-refractivity contribution >= 4 is 32.7 Å². The smallest absolute Gasteiger partial charge is 0.243 e. The highest BCUT2D eigenvalue weighted by molar-refractivity contribution is 7.89. The molecule has 9 nitrogen and oxygen atoms in total. The monoisotopic (exact) mass is 471 g/mol. The summed E-state index contributed by atoms with van der Waals surface area (Å²) in [7, 11) is -3.69. The van der Waals surface area contributed by atoms with Crippen molar-refractivity contribution < 1.29 is 27.1 Å². The molecule has 3 heterocycles. The Hall–Kier alpha value is -3.11. The lowest BCUT2D eigenvalue weighted by Crippen LogP contribution is -2.41. The van der Waals surface area contributed by atoms with Gasteiger partial charge in [-0.3, -0.25) is 4.79 Å². The summed E-state index contributed by atoms with van der Waals surface area (Å²) >= 11 is 0. The number of aryl methyl sites for hydroxylation is 1. The van der Waals surface area contributed by atoms with E-state index in [2.05, 4.69) is 10.3 Å². The summed E-state index contributed by atoms with van der Waals surface area (Å²) in [5.74, 6) is 1.18. The molecule has 0 radical (unpaired) electrons. The first kappa shape index (κ1) is 21.7. The van der Waals surface area contributed by atoms with Crippen LogP contribution in [0.2, 0.25) is 0 Å². The summed E-state index contributed by atoms with van der Waals surface area (Å²) in [5, 5.41) is 2.92. The van der Waals surface area contributed by atoms with Gasteiger partial charge < -0.3 is 19.2 Å². The third kappa shape index (κ3) is 4.40. The Balaban J connectivity index is 1.23. The Labute approximate surface area is 191 Å². The summed E-state index contributed by atoms with van der Waals surface area (Å²) in [6, 6.07) is 10.0. The molecule has 1 N–H and O–H groups in total. The number of rotatable bonds is 4. The molecule has 0 saturated carbocycles. The molecule has 1 aromatic heterocycles. The van der Waals surface area contributed by atoms with Gasteiger partial charge in [-0.25, -0.2) is 13.4 Å². The highest BCUT2D eigenvalue weighted by Crippen LogP contribution is 2.34. The van der Waals surface area contributed by atoms with E-state index in [4.69, 9.17) is 13.9 Å². The fraction of sp³-hybridized carbons (Fsp3) is 0.391. The third-order valence-electron chi connectivity index (χ3n) is 5.94. The van der Waals surface area contributed by atoms with Crippen LogP contribution in [0.1, 0.15) is 25.2 Å². The van der Waals surface area contributed by atoms with E-state index in [0.717, 1.165) is 6.42 Å². The Morgan fingerprint density at radius 3 is 2.61 bits per heavy atom. The Morgan fingerprint density at radius 1 is 1.06 bits per heavy atom. The molecule has 2 aromatic carbocycles. The second kappa shape index (κ2) is 8.68. The number of hydrogen-bond acceptors (Lipinski definition) is 7. The number of hydrogen-bond donors (Lipinski definition) is 1. The lowest BCUT2D eigenvalue weighted by molar-refractivity contribution is -0.120. The summed E-state index contributed by atoms with van der Waals surface area (Å²) in [5.41, 5.74) is 1.99. The second-order valence-electron chi connectivity index (χ2n) is 8.24. The SMILES string of the molecule is Cc1nc2cc(NC(=O)C3CCN(S(=O)(=O)c4ccc5c(c4)OCCCO5)CC3)ccc2o1. The number of benzene rings is 2. The minimum absolute atomic E-state index is 0.123. The molecule has 5 rings (SSSR count). The number of carbonyl (C=O) groups is 1. The summed E-state index contributed by atoms with van der Waals surface area (Å²) in [6.45, 7) is 3.35. The van der Waals surface area contributed by atoms with E-state index in [1.165, 1.54) is 10.4 Å². The molecule has 1 fully saturated rings. The average Bonchev–Trinajstić information content (AvgIpc) is 3.02. The van der Waals surface area contributed by atoms with Crippen molar-refractivity contribution in [1.29, 1.82) is 0 Å². The van der Waals surface area contributed by atoms with Crippen molar-refractivity contribution in [2.75, 3.05) is 31.6 Å². The number of nitrogens with one attached hydrogen (secondary N) is 1. The first-order valence-electron chi connectivity index (χ1n) is 11.0. The fourth-order valence-electron chi connectivity index (χ4n) is 4.18. The lowest BCUT2D eigenvalue weighted by Gasteiger charge is -2.30. The number of anilines is 1. The minimum atomic E-state index is -3.69. The number of carbonyl (C=O) groups excluding carboxylic acids is 1. The van der Waals surface area contributed by atoms with Gasteiger partial charge in [-0.2, -0.15) is 4.31 Å². The van der Waals surface area contributed by atoms with Crippen molar-refractivity contribution in [3.8, 4) is 11.5 Å². The molecule has 1 saturated heterocycles. The number of amides is 1. The van der Waals surface area contributed by atoms with Gasteiger partial charge in [0.15, 0.2) is 23.0 Å². The van der Waals surface area contributed by atoms with Crippen molar-refractivity contribution in [1.82, 2.24) is 9.29 Å². The molecule has 0 spiro atoms. The van der Waals surface area contributed by atoms with Crippen LogP contribution in [0, 0.1) is 12.8 Å². The molecule has 2 aliphatic heterocycles. The fourth-order valence-corrected chi connectivity index (χ4v) is 5.66. The molecule has 1 amide bonds. The maximum Gasteiger partial charge on any atom is 0.243 e. The van der Waals surface area contributed by atoms with Gasteiger partial charge in [-0.1, -0.05) is 0 Å². The van der Waals surface area contributed by atoms with Gasteiger partial charge in [0.25, 0.3) is 0 Å². The molecular weight excluding hydrogens is 446 g/mol. The molecule has 33 heavy (non-hydrogen) atoms. The highest BCUT2D eigenvalue weighted by atomic mass is 32.2. The van der Waals surface area contributed by atoms with Crippen LogP contribution in [0.3, 0.4) is 0 Å². The van der Waals surface area contributed by atoms with Crippen LogP contribution in [0.15, 0.2) is 45.7 Å². The van der Waals surface area contributed by atoms with Crippen LogP contribution in [-0.4, -0.2) is 49.9 Å². The summed E-state index contributed by atoms with van der Waals surface area (Å²) in [4.78, 5) is 17.2. The Kier molecular flexibility index (Phi) is 5.71. The van der Waals surface area contributed by atoms with Gasteiger partial charge in [0.1, 0.15) is 5.52 Å². The summed E-state index contributed by atoms with van der Waals surface area (Å²) in [6.07, 6.45) is 1.64. The van der Waals surface area contributed by atoms with Crippen molar-refractivity contribution in [2.45, 2.75) is 31.1 Å². The number of piperidine rings is 1. The van der Waals surface area contributed by atoms with Crippen LogP contribution < -0.4 is 14.8 Å². The van der Waals surface area contributed by atoms with Gasteiger partial charge in [0.2, 0.25) is 15.9 Å². The van der Waals surface area contributed by atoms with Gasteiger partial charge in [-0.05, 0) is 43.2 Å². The number of fused-ring (bicyclic) bond motifs is 2. The zero-order valence-corrected chi connectivity index (χ0v) is 19.1. The van der Waals surface area contributed by atoms with Gasteiger partial charge in [0.05, 0.1) is 18.1 Å². The van der Waals surface area contributed by atoms with Gasteiger partial charge in [-0.15, -0.1) is 0 Å². The van der Waals surface area contributed by atoms with Crippen LogP contribution >= 0.6 is 0 Å². The van der Waals surface area contributed by atoms with Crippen LogP contribution in [0.5, 0.6) is 11.5 Å². The van der Waals surface area contributed by atoms with E-state index in [-0.39, 0.29) is 29.8 Å². The van der Waals surface area contributed by atoms with Crippen LogP contribution in [0.25, 0.3) is 11.1 Å². The number of aromatic nitrogens is 1. The maximum absolute atomic E-state index is 13.2. The molecule has 0 atom stereocenters. The quantitative estimate of drug-likeness (QED) is 0.621. The number of nitrogens with zero attached hydrogens (tertiary/aromatic N) is 2. The standard InChI is InChI=1S/C23H25N3O6S/c1-15-24-19-13-17(3-5-20(19)32-15)25-23(27)16-7-9-26(10-8-16)33(28,29)18-4-6-21-22(14-18)31-12-2-11-30-21/h3-6,13-14,16H,2,7-12H2,1H3,(H,25,27). The minimum Gasteiger partial charge on any atom is -0.490 e. The first-order valence-corrected chi connectivity index (χ1v) is 12.4. The topological polar surface area (TPSA) is 111 Å². The number of ether oxygens (including phenoxy) is 2. The van der Waals surface area contributed by atoms with E-state index in [1.54, 1.807) is 37.3 Å². The van der Waals surface area contributed by atoms with Crippen molar-refractivity contribution in [3.05, 3.63) is 42.3 Å². The molecule has 0 aliphatic carbocycles. The zero-order chi connectivity index (χ0) is 23.0. The normalized spacial score (nSPS) is 17.6. The van der Waals surface area contributed by atoms with E-state index in [1.807, 2.05) is 0 Å². The molecule has 0 bridgehead atoms. The maximum atomic E-state index is 13.2. The third-order valence-corrected chi connectivity index (χ3v) is 7.84. The van der Waals surface area contributed by atoms with E-state index >= 15 is 0 Å².